The summed E-state index contributed by atoms with van der Waals surface area (Å²) in [5.41, 5.74) is 7.77. The van der Waals surface area contributed by atoms with Crippen LogP contribution in [0.15, 0.2) is 0 Å². The Morgan fingerprint density at radius 1 is 0.875 bits per heavy atom. The molecular weight excluding hydrogens is 415 g/mol. The van der Waals surface area contributed by atoms with E-state index in [0.717, 1.165) is 43.5 Å². The summed E-state index contributed by atoms with van der Waals surface area (Å²) in [6.45, 7) is 0. The summed E-state index contributed by atoms with van der Waals surface area (Å²) >= 11 is 6.65. The van der Waals surface area contributed by atoms with Crippen LogP contribution >= 0.6 is 11.6 Å². The fourth-order valence-electron chi connectivity index (χ4n) is 4.08. The van der Waals surface area contributed by atoms with Crippen molar-refractivity contribution in [1.29, 1.82) is 0 Å². The van der Waals surface area contributed by atoms with Crippen LogP contribution in [0.4, 0.5) is 0 Å². The predicted octanol–water partition coefficient (Wildman–Crippen LogP) is -13.1. The number of carbonyl (C=O) groups is 2. The van der Waals surface area contributed by atoms with E-state index in [0.29, 0.717) is 11.3 Å². The van der Waals surface area contributed by atoms with Crippen LogP contribution in [0.2, 0.25) is 5.02 Å². The third-order valence-corrected chi connectivity index (χ3v) is 7.16. The third kappa shape index (κ3) is 4.20. The summed E-state index contributed by atoms with van der Waals surface area (Å²) in [6.07, 6.45) is 0. The van der Waals surface area contributed by atoms with Crippen molar-refractivity contribution < 1.29 is 18.9 Å². The van der Waals surface area contributed by atoms with E-state index in [9.17, 15) is 9.59 Å². The van der Waals surface area contributed by atoms with Gasteiger partial charge in [0.15, 0.2) is 13.5 Å². The van der Waals surface area contributed by atoms with Crippen molar-refractivity contribution in [3.05, 3.63) is 10.7 Å². The molecular formula is C14H22B11ClN2O4. The van der Waals surface area contributed by atoms with Gasteiger partial charge in [-0.15, -0.1) is 0 Å². The average molecular weight is 437 g/mol. The Kier molecular flexibility index (Phi) is 7.86. The van der Waals surface area contributed by atoms with E-state index in [-0.39, 0.29) is 5.69 Å². The first kappa shape index (κ1) is 26.4. The van der Waals surface area contributed by atoms with Gasteiger partial charge in [-0.05, 0) is 16.6 Å². The van der Waals surface area contributed by atoms with Crippen molar-refractivity contribution in [2.24, 2.45) is 0 Å². The Balaban J connectivity index is 2.80. The van der Waals surface area contributed by atoms with Crippen molar-refractivity contribution in [3.8, 4) is 16.9 Å². The molecule has 1 aromatic heterocycles. The number of hydrogen-bond acceptors (Lipinski definition) is 5. The smallest absolute Gasteiger partial charge is 0.326 e. The van der Waals surface area contributed by atoms with Crippen molar-refractivity contribution in [3.63, 3.8) is 0 Å². The van der Waals surface area contributed by atoms with Crippen LogP contribution in [0.5, 0.6) is 5.75 Å². The Morgan fingerprint density at radius 3 is 1.94 bits per heavy atom. The normalized spacial score (nSPS) is 11.0. The Bertz CT molecular complexity index is 1100. The predicted molar refractivity (Wildman–Crippen MR) is 162 cm³/mol. The number of carbonyl (C=O) groups excluding carboxylic acids is 2. The van der Waals surface area contributed by atoms with Gasteiger partial charge in [-0.3, -0.25) is 14.6 Å². The van der Waals surface area contributed by atoms with Gasteiger partial charge in [-0.1, -0.05) is 33.5 Å². The standard InChI is InChI=1S/C14H22B11ClN2O4/c15-3-1(4(16)8(26)7(19)6(3)18)2-5(17)10(31-24)9(27-11(2)20)12(29)28(23)14(21,22)13(30)32-25/h15-25H2. The van der Waals surface area contributed by atoms with E-state index < -0.39 is 17.2 Å². The number of amides is 1. The Morgan fingerprint density at radius 2 is 1.44 bits per heavy atom. The Labute approximate surface area is 204 Å². The second-order valence-corrected chi connectivity index (χ2v) is 9.06. The number of rotatable bonds is 5. The zero-order valence-corrected chi connectivity index (χ0v) is 21.7. The van der Waals surface area contributed by atoms with Crippen LogP contribution in [0.25, 0.3) is 11.1 Å². The highest BCUT2D eigenvalue weighted by molar-refractivity contribution is 6.67. The molecule has 1 amide bonds. The van der Waals surface area contributed by atoms with Gasteiger partial charge in [0.1, 0.15) is 60.7 Å². The molecule has 0 aliphatic heterocycles. The lowest BCUT2D eigenvalue weighted by atomic mass is 9.59. The highest BCUT2D eigenvalue weighted by Gasteiger charge is 2.37. The molecule has 2 rings (SSSR count). The second kappa shape index (κ2) is 9.54. The van der Waals surface area contributed by atoms with Gasteiger partial charge < -0.3 is 14.1 Å². The van der Waals surface area contributed by atoms with Gasteiger partial charge >= 0.3 is 16.1 Å². The molecule has 1 aromatic carbocycles. The maximum atomic E-state index is 13.4. The van der Waals surface area contributed by atoms with Crippen molar-refractivity contribution in [2.45, 2.75) is 5.34 Å². The molecule has 0 atom stereocenters. The zero-order valence-electron chi connectivity index (χ0n) is 20.9. The summed E-state index contributed by atoms with van der Waals surface area (Å²) in [5, 5.41) is -0.450. The lowest BCUT2D eigenvalue weighted by Gasteiger charge is -2.35. The van der Waals surface area contributed by atoms with Gasteiger partial charge in [0, 0.05) is 10.6 Å². The molecule has 0 unspecified atom stereocenters. The molecule has 18 heteroatoms. The first-order chi connectivity index (χ1) is 14.7. The zero-order chi connectivity index (χ0) is 24.7. The van der Waals surface area contributed by atoms with E-state index in [1.165, 1.54) is 20.9 Å². The van der Waals surface area contributed by atoms with Crippen LogP contribution in [0.1, 0.15) is 10.5 Å². The molecule has 0 radical (unpaired) electrons. The number of hydrogen-bond donors (Lipinski definition) is 0. The molecule has 1 heterocycles. The van der Waals surface area contributed by atoms with Crippen LogP contribution in [0.3, 0.4) is 0 Å². The van der Waals surface area contributed by atoms with Gasteiger partial charge in [0.05, 0.1) is 5.34 Å². The van der Waals surface area contributed by atoms with Crippen molar-refractivity contribution in [1.82, 2.24) is 9.79 Å². The summed E-state index contributed by atoms with van der Waals surface area (Å²) < 4.78 is 10.5. The molecule has 0 aliphatic rings. The number of benzene rings is 1. The first-order valence-corrected chi connectivity index (χ1v) is 10.8. The van der Waals surface area contributed by atoms with Crippen molar-refractivity contribution >= 4 is 143 Å². The fourth-order valence-corrected chi connectivity index (χ4v) is 4.32. The SMILES string of the molecule is BOC(=O)C(B)(B)N(B)C(=O)c1nc(B)c(-c2c(B)c(B)c(B)c(Cl)c2B)c(B)c1OB. The van der Waals surface area contributed by atoms with Gasteiger partial charge in [-0.2, -0.15) is 0 Å². The molecule has 0 N–H and O–H groups in total. The van der Waals surface area contributed by atoms with Gasteiger partial charge in [0.2, 0.25) is 7.98 Å². The van der Waals surface area contributed by atoms with E-state index in [4.69, 9.17) is 20.9 Å². The molecule has 0 fully saturated rings. The maximum absolute atomic E-state index is 13.4. The van der Waals surface area contributed by atoms with Crippen molar-refractivity contribution in [2.75, 3.05) is 0 Å². The molecule has 0 bridgehead atoms. The first-order valence-electron chi connectivity index (χ1n) is 10.4. The van der Waals surface area contributed by atoms with E-state index >= 15 is 0 Å². The minimum Gasteiger partial charge on any atom is -0.567 e. The molecule has 0 spiro atoms. The monoisotopic (exact) mass is 438 g/mol. The molecule has 2 aromatic rings. The fraction of sp³-hybridized carbons (Fsp3) is 0.0714. The average Bonchev–Trinajstić information content (AvgIpc) is 2.76. The lowest BCUT2D eigenvalue weighted by molar-refractivity contribution is -0.136. The molecule has 0 aliphatic carbocycles. The number of pyridine rings is 1. The summed E-state index contributed by atoms with van der Waals surface area (Å²) in [5.74, 6) is -0.578. The van der Waals surface area contributed by atoms with Gasteiger partial charge in [0.25, 0.3) is 11.9 Å². The van der Waals surface area contributed by atoms with E-state index in [1.54, 1.807) is 23.7 Å². The topological polar surface area (TPSA) is 68.7 Å². The molecule has 152 valence electrons. The van der Waals surface area contributed by atoms with E-state index in [2.05, 4.69) is 20.7 Å². The molecule has 0 saturated heterocycles. The van der Waals surface area contributed by atoms with Crippen LogP contribution in [-0.2, 0) is 9.45 Å². The molecule has 0 saturated carbocycles. The summed E-state index contributed by atoms with van der Waals surface area (Å²) in [7, 11) is 19.5. The maximum Gasteiger partial charge on any atom is 0.326 e. The lowest BCUT2D eigenvalue weighted by Crippen LogP contribution is -2.58. The highest BCUT2D eigenvalue weighted by Crippen LogP contribution is 2.22. The number of halogens is 1. The highest BCUT2D eigenvalue weighted by atomic mass is 35.5. The summed E-state index contributed by atoms with van der Waals surface area (Å²) in [6, 6.07) is 0. The van der Waals surface area contributed by atoms with Crippen LogP contribution in [0, 0.1) is 0 Å². The van der Waals surface area contributed by atoms with Gasteiger partial charge in [-0.25, -0.2) is 0 Å². The third-order valence-electron chi connectivity index (χ3n) is 6.59. The minimum atomic E-state index is -1.17. The summed E-state index contributed by atoms with van der Waals surface area (Å²) in [4.78, 5) is 31.6. The largest absolute Gasteiger partial charge is 0.567 e. The second-order valence-electron chi connectivity index (χ2n) is 8.68. The quantitative estimate of drug-likeness (QED) is 0.436. The van der Waals surface area contributed by atoms with Crippen LogP contribution < -0.4 is 37.6 Å². The molecule has 32 heavy (non-hydrogen) atoms. The minimum absolute atomic E-state index is 0.149. The Hall–Kier alpha value is -1.89. The van der Waals surface area contributed by atoms with E-state index in [1.807, 2.05) is 31.4 Å². The molecule has 6 nitrogen and oxygen atoms in total. The number of aromatic nitrogens is 1. The number of nitrogens with zero attached hydrogens (tertiary/aromatic N) is 2. The van der Waals surface area contributed by atoms with Crippen LogP contribution in [-0.4, -0.2) is 114 Å².